The van der Waals surface area contributed by atoms with Crippen LogP contribution in [0.4, 0.5) is 5.82 Å². The van der Waals surface area contributed by atoms with Gasteiger partial charge in [-0.25, -0.2) is 4.98 Å². The molecule has 6 heteroatoms. The first-order valence-corrected chi connectivity index (χ1v) is 7.77. The van der Waals surface area contributed by atoms with Gasteiger partial charge in [0.2, 0.25) is 0 Å². The largest absolute Gasteiger partial charge is 0.390 e. The zero-order chi connectivity index (χ0) is 15.4. The number of aliphatic hydroxyl groups excluding tert-OH is 1. The molecule has 1 aromatic carbocycles. The first-order valence-electron chi connectivity index (χ1n) is 7.39. The predicted octanol–water partition coefficient (Wildman–Crippen LogP) is 1.96. The van der Waals surface area contributed by atoms with Crippen LogP contribution in [0.3, 0.4) is 0 Å². The zero-order valence-electron chi connectivity index (χ0n) is 12.2. The Balaban J connectivity index is 1.49. The highest BCUT2D eigenvalue weighted by atomic mass is 35.5. The summed E-state index contributed by atoms with van der Waals surface area (Å²) in [5.41, 5.74) is 2.77. The van der Waals surface area contributed by atoms with Gasteiger partial charge < -0.3 is 10.4 Å². The summed E-state index contributed by atoms with van der Waals surface area (Å²) in [6, 6.07) is 8.49. The third kappa shape index (κ3) is 3.94. The Morgan fingerprint density at radius 1 is 1.27 bits per heavy atom. The molecule has 0 saturated carbocycles. The van der Waals surface area contributed by atoms with Gasteiger partial charge in [-0.1, -0.05) is 35.9 Å². The van der Waals surface area contributed by atoms with E-state index in [0.29, 0.717) is 24.1 Å². The predicted molar refractivity (Wildman–Crippen MR) is 87.0 cm³/mol. The summed E-state index contributed by atoms with van der Waals surface area (Å²) in [6.45, 7) is 2.93. The summed E-state index contributed by atoms with van der Waals surface area (Å²) < 4.78 is 0. The number of aromatic nitrogens is 2. The average Bonchev–Trinajstić information content (AvgIpc) is 2.53. The molecule has 0 radical (unpaired) electrons. The van der Waals surface area contributed by atoms with Crippen molar-refractivity contribution in [1.82, 2.24) is 14.9 Å². The molecule has 1 aliphatic heterocycles. The number of nitrogens with zero attached hydrogens (tertiary/aromatic N) is 3. The van der Waals surface area contributed by atoms with Gasteiger partial charge in [0.05, 0.1) is 18.5 Å². The Bertz CT molecular complexity index is 637. The Labute approximate surface area is 135 Å². The topological polar surface area (TPSA) is 61.3 Å². The van der Waals surface area contributed by atoms with Crippen LogP contribution in [0.2, 0.25) is 5.15 Å². The fourth-order valence-electron chi connectivity index (χ4n) is 2.72. The van der Waals surface area contributed by atoms with E-state index in [1.54, 1.807) is 6.20 Å². The van der Waals surface area contributed by atoms with Crippen molar-refractivity contribution in [2.75, 3.05) is 25.0 Å². The highest BCUT2D eigenvalue weighted by molar-refractivity contribution is 6.29. The van der Waals surface area contributed by atoms with Gasteiger partial charge in [-0.15, -0.1) is 0 Å². The normalized spacial score (nSPS) is 16.1. The zero-order valence-corrected chi connectivity index (χ0v) is 13.0. The third-order valence-electron chi connectivity index (χ3n) is 3.80. The molecule has 2 heterocycles. The van der Waals surface area contributed by atoms with Gasteiger partial charge in [0.15, 0.2) is 0 Å². The number of benzene rings is 1. The van der Waals surface area contributed by atoms with Gasteiger partial charge in [0.1, 0.15) is 11.0 Å². The standard InChI is InChI=1S/C16H19ClN4O/c17-15-8-18-9-16(20-15)19-7-14(22)11-21-6-5-12-3-1-2-4-13(12)10-21/h1-4,8-9,14,22H,5-7,10-11H2,(H,19,20)/t14-/m0/s1. The van der Waals surface area contributed by atoms with Gasteiger partial charge >= 0.3 is 0 Å². The van der Waals surface area contributed by atoms with Gasteiger partial charge in [-0.2, -0.15) is 0 Å². The van der Waals surface area contributed by atoms with E-state index in [1.807, 2.05) is 0 Å². The highest BCUT2D eigenvalue weighted by Crippen LogP contribution is 2.18. The van der Waals surface area contributed by atoms with Crippen molar-refractivity contribution in [1.29, 1.82) is 0 Å². The van der Waals surface area contributed by atoms with E-state index in [9.17, 15) is 5.11 Å². The average molecular weight is 319 g/mol. The Morgan fingerprint density at radius 3 is 2.91 bits per heavy atom. The summed E-state index contributed by atoms with van der Waals surface area (Å²) in [5.74, 6) is 0.579. The Morgan fingerprint density at radius 2 is 2.09 bits per heavy atom. The molecule has 2 N–H and O–H groups in total. The summed E-state index contributed by atoms with van der Waals surface area (Å²) >= 11 is 5.78. The number of β-amino-alcohol motifs (C(OH)–C–C–N with tert-alkyl or cyclic N) is 1. The molecule has 0 amide bonds. The maximum absolute atomic E-state index is 10.2. The molecular formula is C16H19ClN4O. The van der Waals surface area contributed by atoms with Crippen LogP contribution in [-0.2, 0) is 13.0 Å². The van der Waals surface area contributed by atoms with Crippen molar-refractivity contribution in [2.45, 2.75) is 19.1 Å². The van der Waals surface area contributed by atoms with Crippen LogP contribution in [-0.4, -0.2) is 45.7 Å². The summed E-state index contributed by atoms with van der Waals surface area (Å²) in [6.07, 6.45) is 3.64. The number of anilines is 1. The first kappa shape index (κ1) is 15.2. The second-order valence-electron chi connectivity index (χ2n) is 5.52. The van der Waals surface area contributed by atoms with Crippen LogP contribution in [0.25, 0.3) is 0 Å². The first-order chi connectivity index (χ1) is 10.7. The fourth-order valence-corrected chi connectivity index (χ4v) is 2.87. The molecule has 0 saturated heterocycles. The number of nitrogens with one attached hydrogen (secondary N) is 1. The van der Waals surface area contributed by atoms with Crippen LogP contribution in [0.5, 0.6) is 0 Å². The summed E-state index contributed by atoms with van der Waals surface area (Å²) in [4.78, 5) is 10.3. The van der Waals surface area contributed by atoms with Crippen molar-refractivity contribution in [3.63, 3.8) is 0 Å². The van der Waals surface area contributed by atoms with E-state index in [-0.39, 0.29) is 0 Å². The van der Waals surface area contributed by atoms with Crippen LogP contribution in [0.1, 0.15) is 11.1 Å². The quantitative estimate of drug-likeness (QED) is 0.882. The van der Waals surface area contributed by atoms with Gasteiger partial charge in [0.25, 0.3) is 0 Å². The van der Waals surface area contributed by atoms with Crippen LogP contribution < -0.4 is 5.32 Å². The maximum Gasteiger partial charge on any atom is 0.149 e. The molecule has 1 aliphatic rings. The number of halogens is 1. The van der Waals surface area contributed by atoms with Gasteiger partial charge in [0, 0.05) is 26.2 Å². The molecule has 116 valence electrons. The van der Waals surface area contributed by atoms with Gasteiger partial charge in [-0.3, -0.25) is 9.88 Å². The molecular weight excluding hydrogens is 300 g/mol. The SMILES string of the molecule is O[C@@H](CNc1cncc(Cl)n1)CN1CCc2ccccc2C1. The Hall–Kier alpha value is -1.69. The molecule has 3 rings (SSSR count). The van der Waals surface area contributed by atoms with E-state index in [4.69, 9.17) is 11.6 Å². The minimum Gasteiger partial charge on any atom is -0.390 e. The van der Waals surface area contributed by atoms with Crippen molar-refractivity contribution in [3.05, 3.63) is 52.9 Å². The smallest absolute Gasteiger partial charge is 0.149 e. The van der Waals surface area contributed by atoms with E-state index in [2.05, 4.69) is 44.5 Å². The molecule has 0 fully saturated rings. The van der Waals surface area contributed by atoms with Crippen molar-refractivity contribution in [3.8, 4) is 0 Å². The van der Waals surface area contributed by atoms with E-state index in [0.717, 1.165) is 19.5 Å². The molecule has 22 heavy (non-hydrogen) atoms. The van der Waals surface area contributed by atoms with Crippen molar-refractivity contribution < 1.29 is 5.11 Å². The summed E-state index contributed by atoms with van der Waals surface area (Å²) in [7, 11) is 0. The van der Waals surface area contributed by atoms with Crippen LogP contribution in [0, 0.1) is 0 Å². The second-order valence-corrected chi connectivity index (χ2v) is 5.90. The lowest BCUT2D eigenvalue weighted by molar-refractivity contribution is 0.114. The second kappa shape index (κ2) is 7.05. The molecule has 0 bridgehead atoms. The van der Waals surface area contributed by atoms with Gasteiger partial charge in [-0.05, 0) is 17.5 Å². The molecule has 2 aromatic rings. The maximum atomic E-state index is 10.2. The number of fused-ring (bicyclic) bond motifs is 1. The molecule has 0 spiro atoms. The minimum atomic E-state index is -0.467. The minimum absolute atomic E-state index is 0.340. The number of rotatable bonds is 5. The van der Waals surface area contributed by atoms with E-state index >= 15 is 0 Å². The van der Waals surface area contributed by atoms with Crippen LogP contribution in [0.15, 0.2) is 36.7 Å². The van der Waals surface area contributed by atoms with Crippen LogP contribution >= 0.6 is 11.6 Å². The molecule has 1 aromatic heterocycles. The van der Waals surface area contributed by atoms with Crippen molar-refractivity contribution >= 4 is 17.4 Å². The molecule has 0 aliphatic carbocycles. The third-order valence-corrected chi connectivity index (χ3v) is 3.98. The number of hydrogen-bond acceptors (Lipinski definition) is 5. The lowest BCUT2D eigenvalue weighted by Crippen LogP contribution is -2.39. The monoisotopic (exact) mass is 318 g/mol. The number of aliphatic hydroxyl groups is 1. The van der Waals surface area contributed by atoms with E-state index < -0.39 is 6.10 Å². The Kier molecular flexibility index (Phi) is 4.87. The highest BCUT2D eigenvalue weighted by Gasteiger charge is 2.18. The number of hydrogen-bond donors (Lipinski definition) is 2. The molecule has 1 atom stereocenters. The fraction of sp³-hybridized carbons (Fsp3) is 0.375. The summed E-state index contributed by atoms with van der Waals surface area (Å²) in [5, 5.41) is 13.6. The van der Waals surface area contributed by atoms with E-state index in [1.165, 1.54) is 17.3 Å². The lowest BCUT2D eigenvalue weighted by atomic mass is 10.00. The molecule has 0 unspecified atom stereocenters. The van der Waals surface area contributed by atoms with Crippen molar-refractivity contribution in [2.24, 2.45) is 0 Å². The lowest BCUT2D eigenvalue weighted by Gasteiger charge is -2.30. The molecule has 5 nitrogen and oxygen atoms in total.